The van der Waals surface area contributed by atoms with Gasteiger partial charge in [0.2, 0.25) is 0 Å². The smallest absolute Gasteiger partial charge is 0.461 e. The van der Waals surface area contributed by atoms with Crippen LogP contribution in [0.25, 0.3) is 0 Å². The first-order valence-corrected chi connectivity index (χ1v) is 21.5. The van der Waals surface area contributed by atoms with Crippen molar-refractivity contribution in [3.63, 3.8) is 0 Å². The molecule has 0 heterocycles. The monoisotopic (exact) mass is 746 g/mol. The van der Waals surface area contributed by atoms with Crippen molar-refractivity contribution in [1.82, 2.24) is 0 Å². The number of hydrogen-bond acceptors (Lipinski definition) is 6. The van der Waals surface area contributed by atoms with E-state index in [1.54, 1.807) is 39.3 Å². The van der Waals surface area contributed by atoms with Crippen molar-refractivity contribution in [3.8, 4) is 0 Å². The third-order valence-corrected chi connectivity index (χ3v) is 13.9. The number of rotatable bonds is 16. The molecule has 0 spiro atoms. The number of hydrogen-bond donors (Lipinski definition) is 0. The van der Waals surface area contributed by atoms with Crippen LogP contribution < -0.4 is 0 Å². The first kappa shape index (κ1) is 43.2. The Labute approximate surface area is 249 Å². The molecule has 0 aromatic rings. The number of esters is 2. The molecule has 0 amide bonds. The van der Waals surface area contributed by atoms with Gasteiger partial charge in [-0.25, -0.2) is 9.59 Å². The van der Waals surface area contributed by atoms with Gasteiger partial charge in [-0.05, 0) is 45.8 Å². The van der Waals surface area contributed by atoms with Crippen LogP contribution in [0.2, 0.25) is 45.8 Å². The molecular formula is C21H29F15O6Si3. The van der Waals surface area contributed by atoms with Crippen LogP contribution in [-0.4, -0.2) is 85.3 Å². The van der Waals surface area contributed by atoms with Crippen molar-refractivity contribution in [2.24, 2.45) is 0 Å². The fourth-order valence-electron chi connectivity index (χ4n) is 3.25. The normalized spacial score (nSPS) is 15.4. The number of carbonyl (C=O) groups excluding carboxylic acids is 2. The number of carbonyl (C=O) groups is 2. The van der Waals surface area contributed by atoms with Crippen LogP contribution in [0.4, 0.5) is 65.9 Å². The summed E-state index contributed by atoms with van der Waals surface area (Å²) in [7, 11) is -7.97. The van der Waals surface area contributed by atoms with E-state index in [1.807, 2.05) is 0 Å². The van der Waals surface area contributed by atoms with E-state index in [9.17, 15) is 75.4 Å². The minimum absolute atomic E-state index is 0.0729. The summed E-state index contributed by atoms with van der Waals surface area (Å²) in [5, 5.41) is 0. The number of ether oxygens (including phenoxy) is 2. The van der Waals surface area contributed by atoms with Crippen LogP contribution in [0.15, 0.2) is 12.2 Å². The molecule has 0 rings (SSSR count). The average molecular weight is 747 g/mol. The van der Waals surface area contributed by atoms with Crippen molar-refractivity contribution in [1.29, 1.82) is 0 Å². The highest BCUT2D eigenvalue weighted by atomic mass is 28.5. The highest BCUT2D eigenvalue weighted by Gasteiger charge is 2.91. The molecule has 0 aliphatic heterocycles. The maximum atomic E-state index is 13.9. The summed E-state index contributed by atoms with van der Waals surface area (Å²) in [5.74, 6) is -43.2. The molecule has 0 aliphatic carbocycles. The first-order chi connectivity index (χ1) is 19.4. The van der Waals surface area contributed by atoms with Crippen LogP contribution >= 0.6 is 0 Å². The van der Waals surface area contributed by atoms with E-state index < -0.39 is 104 Å². The molecule has 24 heteroatoms. The lowest BCUT2D eigenvalue weighted by molar-refractivity contribution is -0.451. The Bertz CT molecular complexity index is 1070. The number of alkyl halides is 15. The largest absolute Gasteiger partial charge is 0.473 e. The van der Waals surface area contributed by atoms with Gasteiger partial charge in [0.05, 0.1) is 0 Å². The van der Waals surface area contributed by atoms with Crippen molar-refractivity contribution >= 4 is 37.1 Å². The lowest BCUT2D eigenvalue weighted by Gasteiger charge is -2.40. The van der Waals surface area contributed by atoms with Crippen molar-refractivity contribution in [2.45, 2.75) is 101 Å². The molecule has 0 aromatic carbocycles. The maximum absolute atomic E-state index is 13.9. The van der Waals surface area contributed by atoms with E-state index in [1.165, 1.54) is 6.55 Å². The highest BCUT2D eigenvalue weighted by molar-refractivity contribution is 6.87. The Morgan fingerprint density at radius 1 is 0.556 bits per heavy atom. The van der Waals surface area contributed by atoms with Gasteiger partial charge in [0.25, 0.3) is 0 Å². The lowest BCUT2D eigenvalue weighted by Crippen LogP contribution is -2.71. The zero-order valence-corrected chi connectivity index (χ0v) is 27.4. The second kappa shape index (κ2) is 13.4. The third-order valence-electron chi connectivity index (χ3n) is 4.84. The van der Waals surface area contributed by atoms with Gasteiger partial charge in [-0.15, -0.1) is 0 Å². The highest BCUT2D eigenvalue weighted by Crippen LogP contribution is 2.61. The molecule has 0 aliphatic rings. The summed E-state index contributed by atoms with van der Waals surface area (Å²) in [6.45, 7) is 12.0. The van der Waals surface area contributed by atoms with Crippen molar-refractivity contribution < 1.29 is 93.1 Å². The minimum atomic E-state index is -8.20. The topological polar surface area (TPSA) is 71.1 Å². The third kappa shape index (κ3) is 11.2. The summed E-state index contributed by atoms with van der Waals surface area (Å²) in [6, 6.07) is 0. The van der Waals surface area contributed by atoms with Gasteiger partial charge in [-0.1, -0.05) is 0 Å². The van der Waals surface area contributed by atoms with Crippen LogP contribution in [0.3, 0.4) is 0 Å². The van der Waals surface area contributed by atoms with Gasteiger partial charge in [-0.2, -0.15) is 65.9 Å². The van der Waals surface area contributed by atoms with Crippen LogP contribution in [0.1, 0.15) is 12.8 Å². The van der Waals surface area contributed by atoms with E-state index in [0.29, 0.717) is 0 Å². The van der Waals surface area contributed by atoms with E-state index in [-0.39, 0.29) is 6.08 Å². The Morgan fingerprint density at radius 2 is 0.933 bits per heavy atom. The van der Waals surface area contributed by atoms with Gasteiger partial charge in [0, 0.05) is 25.0 Å². The van der Waals surface area contributed by atoms with E-state index >= 15 is 0 Å². The lowest BCUT2D eigenvalue weighted by atomic mass is 9.91. The van der Waals surface area contributed by atoms with Crippen molar-refractivity contribution in [2.75, 3.05) is 6.23 Å². The molecule has 0 atom stereocenters. The minimum Gasteiger partial charge on any atom is -0.461 e. The quantitative estimate of drug-likeness (QED) is 0.0690. The molecule has 0 fully saturated rings. The standard InChI is InChI=1S/C21H29F15O6Si3/c1-43(2,3)41-45(7,42-44(4,5)6)12-39-13(37)8-9-14(38)40-21(35,36)20(33,34)19(31,32)18(29,30)17(27,28)15(22,23)10-11-16(24,25)26/h8-9H,10-12H2,1-7H3. The summed E-state index contributed by atoms with van der Waals surface area (Å²) in [5.41, 5.74) is 0. The summed E-state index contributed by atoms with van der Waals surface area (Å²) in [6.07, 6.45) is -20.3. The van der Waals surface area contributed by atoms with Gasteiger partial charge in [-0.3, -0.25) is 0 Å². The van der Waals surface area contributed by atoms with Gasteiger partial charge in [0.15, 0.2) is 16.6 Å². The Morgan fingerprint density at radius 3 is 1.31 bits per heavy atom. The molecule has 0 N–H and O–H groups in total. The molecule has 6 nitrogen and oxygen atoms in total. The predicted molar refractivity (Wildman–Crippen MR) is 132 cm³/mol. The summed E-state index contributed by atoms with van der Waals surface area (Å²) >= 11 is 0. The molecule has 0 radical (unpaired) electrons. The zero-order chi connectivity index (χ0) is 36.5. The molecule has 0 unspecified atom stereocenters. The molecule has 0 saturated carbocycles. The second-order valence-corrected chi connectivity index (χ2v) is 24.2. The predicted octanol–water partition coefficient (Wildman–Crippen LogP) is 8.06. The molecule has 0 bridgehead atoms. The molecular weight excluding hydrogens is 717 g/mol. The fraction of sp³-hybridized carbons (Fsp3) is 0.810. The van der Waals surface area contributed by atoms with E-state index in [2.05, 4.69) is 4.74 Å². The molecule has 0 saturated heterocycles. The summed E-state index contributed by atoms with van der Waals surface area (Å²) < 4.78 is 221. The zero-order valence-electron chi connectivity index (χ0n) is 24.4. The van der Waals surface area contributed by atoms with E-state index in [4.69, 9.17) is 13.0 Å². The Kier molecular flexibility index (Phi) is 12.8. The Balaban J connectivity index is 5.93. The average Bonchev–Trinajstić information content (AvgIpc) is 2.76. The second-order valence-electron chi connectivity index (χ2n) is 11.6. The van der Waals surface area contributed by atoms with Gasteiger partial charge < -0.3 is 17.7 Å². The van der Waals surface area contributed by atoms with Crippen LogP contribution in [-0.2, 0) is 27.3 Å². The molecule has 0 aromatic heterocycles. The fourth-order valence-corrected chi connectivity index (χ4v) is 15.0. The molecule has 266 valence electrons. The van der Waals surface area contributed by atoms with Crippen LogP contribution in [0.5, 0.6) is 0 Å². The number of halogens is 15. The Hall–Kier alpha value is -1.80. The van der Waals surface area contributed by atoms with Gasteiger partial charge >= 0.3 is 62.4 Å². The maximum Gasteiger partial charge on any atom is 0.473 e. The first-order valence-electron chi connectivity index (χ1n) is 12.2. The SMILES string of the molecule is C[Si](C)(C)O[Si](C)(COC(=O)C=CC(=O)OC(F)(F)C(F)(F)C(F)(F)C(F)(F)C(F)(F)C(F)(F)CCC(F)(F)F)O[Si](C)(C)C. The summed E-state index contributed by atoms with van der Waals surface area (Å²) in [4.78, 5) is 23.5. The van der Waals surface area contributed by atoms with Gasteiger partial charge in [0.1, 0.15) is 6.23 Å². The van der Waals surface area contributed by atoms with E-state index in [0.717, 1.165) is 0 Å². The molecule has 45 heavy (non-hydrogen) atoms. The van der Waals surface area contributed by atoms with Crippen LogP contribution in [0, 0.1) is 0 Å². The van der Waals surface area contributed by atoms with Crippen molar-refractivity contribution in [3.05, 3.63) is 12.2 Å².